The topological polar surface area (TPSA) is 132 Å². The Kier molecular flexibility index (Phi) is 47.8. The Labute approximate surface area is 155 Å². The van der Waals surface area contributed by atoms with Gasteiger partial charge in [-0.1, -0.05) is 13.8 Å². The van der Waals surface area contributed by atoms with Crippen molar-refractivity contribution in [2.75, 3.05) is 53.6 Å². The lowest BCUT2D eigenvalue weighted by Gasteiger charge is -2.10. The molecule has 0 aromatic rings. The van der Waals surface area contributed by atoms with Crippen LogP contribution in [0, 0.1) is 0 Å². The van der Waals surface area contributed by atoms with Gasteiger partial charge in [0.2, 0.25) is 5.91 Å². The summed E-state index contributed by atoms with van der Waals surface area (Å²) in [6.45, 7) is 8.98. The van der Waals surface area contributed by atoms with Gasteiger partial charge in [0.05, 0.1) is 33.5 Å². The van der Waals surface area contributed by atoms with Crippen LogP contribution in [0.3, 0.4) is 0 Å². The van der Waals surface area contributed by atoms with Gasteiger partial charge in [0.1, 0.15) is 13.4 Å². The standard InChI is InChI=1S/C11H21NO6.C2H6.CH3Cl.CH2O.H2O/c1-9(11(14)15-3)18-7-6-16-4-5-17-8-10(13)12-2;3*1-2;/h9H,4-8H2,1-3H3,(H,12,13);1-2H3;1H3;1H2;1H2/t9-;;;;/m0..../s1. The van der Waals surface area contributed by atoms with Crippen LogP contribution in [0.4, 0.5) is 0 Å². The number of likely N-dealkylation sites (N-methyl/N-ethyl adjacent to an activating group) is 1. The zero-order valence-corrected chi connectivity index (χ0v) is 16.8. The number of nitrogens with one attached hydrogen (secondary N) is 1. The summed E-state index contributed by atoms with van der Waals surface area (Å²) in [6, 6.07) is 0. The van der Waals surface area contributed by atoms with E-state index in [9.17, 15) is 9.59 Å². The molecule has 0 aromatic heterocycles. The highest BCUT2D eigenvalue weighted by Crippen LogP contribution is 1.93. The summed E-state index contributed by atoms with van der Waals surface area (Å²) in [5.41, 5.74) is 0. The molecule has 0 spiro atoms. The summed E-state index contributed by atoms with van der Waals surface area (Å²) >= 11 is 4.64. The number of rotatable bonds is 10. The number of carbonyl (C=O) groups excluding carboxylic acids is 3. The fourth-order valence-electron chi connectivity index (χ4n) is 0.975. The average Bonchev–Trinajstić information content (AvgIpc) is 2.67. The Morgan fingerprint density at radius 1 is 1.04 bits per heavy atom. The van der Waals surface area contributed by atoms with Gasteiger partial charge in [-0.15, -0.1) is 11.6 Å². The molecular weight excluding hydrogens is 358 g/mol. The van der Waals surface area contributed by atoms with E-state index in [4.69, 9.17) is 19.0 Å². The molecule has 0 rings (SSSR count). The molecule has 25 heavy (non-hydrogen) atoms. The monoisotopic (exact) mass is 391 g/mol. The Bertz CT molecular complexity index is 270. The number of amides is 1. The minimum absolute atomic E-state index is 0. The molecule has 154 valence electrons. The molecule has 0 heterocycles. The molecule has 9 nitrogen and oxygen atoms in total. The van der Waals surface area contributed by atoms with Crippen molar-refractivity contribution in [3.8, 4) is 0 Å². The molecule has 10 heteroatoms. The second kappa shape index (κ2) is 34.2. The van der Waals surface area contributed by atoms with E-state index in [1.807, 2.05) is 20.6 Å². The Balaban J connectivity index is -0.000000171. The summed E-state index contributed by atoms with van der Waals surface area (Å²) < 4.78 is 19.8. The first kappa shape index (κ1) is 35.0. The van der Waals surface area contributed by atoms with Crippen LogP contribution in [0.1, 0.15) is 20.8 Å². The van der Waals surface area contributed by atoms with Crippen LogP contribution < -0.4 is 5.32 Å². The number of hydrogen-bond acceptors (Lipinski definition) is 7. The van der Waals surface area contributed by atoms with Gasteiger partial charge in [-0.2, -0.15) is 0 Å². The van der Waals surface area contributed by atoms with Crippen LogP contribution in [0.5, 0.6) is 0 Å². The highest BCUT2D eigenvalue weighted by Gasteiger charge is 2.12. The van der Waals surface area contributed by atoms with Gasteiger partial charge in [-0.3, -0.25) is 4.79 Å². The SMILES string of the molecule is C=O.CC.CCl.CNC(=O)COCCOCCO[C@@H](C)C(=O)OC.O. The summed E-state index contributed by atoms with van der Waals surface area (Å²) in [5, 5.41) is 2.44. The molecule has 0 aliphatic carbocycles. The quantitative estimate of drug-likeness (QED) is 0.320. The van der Waals surface area contributed by atoms with Crippen LogP contribution >= 0.6 is 11.6 Å². The number of ether oxygens (including phenoxy) is 4. The Morgan fingerprint density at radius 2 is 1.48 bits per heavy atom. The van der Waals surface area contributed by atoms with Gasteiger partial charge in [0.15, 0.2) is 6.10 Å². The molecule has 1 atom stereocenters. The fraction of sp³-hybridized carbons (Fsp3) is 0.800. The van der Waals surface area contributed by atoms with Crippen molar-refractivity contribution in [2.45, 2.75) is 26.9 Å². The van der Waals surface area contributed by atoms with Crippen LogP contribution in [0.25, 0.3) is 0 Å². The molecular formula is C15H34ClNO8. The molecule has 0 aliphatic heterocycles. The number of alkyl halides is 1. The maximum absolute atomic E-state index is 11.0. The molecule has 1 amide bonds. The van der Waals surface area contributed by atoms with E-state index in [1.54, 1.807) is 14.0 Å². The van der Waals surface area contributed by atoms with Gasteiger partial charge >= 0.3 is 5.97 Å². The largest absolute Gasteiger partial charge is 0.467 e. The zero-order chi connectivity index (χ0) is 19.8. The van der Waals surface area contributed by atoms with Gasteiger partial charge in [0.25, 0.3) is 0 Å². The third-order valence-electron chi connectivity index (χ3n) is 2.01. The van der Waals surface area contributed by atoms with Gasteiger partial charge in [-0.25, -0.2) is 4.79 Å². The zero-order valence-electron chi connectivity index (χ0n) is 16.1. The van der Waals surface area contributed by atoms with E-state index < -0.39 is 12.1 Å². The van der Waals surface area contributed by atoms with Gasteiger partial charge in [-0.05, 0) is 6.92 Å². The molecule has 0 unspecified atom stereocenters. The highest BCUT2D eigenvalue weighted by molar-refractivity contribution is 6.15. The first-order valence-corrected chi connectivity index (χ1v) is 8.09. The number of carbonyl (C=O) groups is 3. The van der Waals surface area contributed by atoms with Crippen molar-refractivity contribution in [1.29, 1.82) is 0 Å². The summed E-state index contributed by atoms with van der Waals surface area (Å²) in [7, 11) is 2.85. The van der Waals surface area contributed by atoms with Gasteiger partial charge in [0, 0.05) is 13.4 Å². The third-order valence-corrected chi connectivity index (χ3v) is 2.01. The van der Waals surface area contributed by atoms with E-state index in [2.05, 4.69) is 21.7 Å². The van der Waals surface area contributed by atoms with Crippen LogP contribution in [0.2, 0.25) is 0 Å². The normalized spacial score (nSPS) is 9.24. The van der Waals surface area contributed by atoms with Crippen molar-refractivity contribution < 1.29 is 38.8 Å². The molecule has 0 radical (unpaired) electrons. The summed E-state index contributed by atoms with van der Waals surface area (Å²) in [5.74, 6) is -0.589. The predicted octanol–water partition coefficient (Wildman–Crippen LogP) is 0.215. The lowest BCUT2D eigenvalue weighted by molar-refractivity contribution is -0.153. The molecule has 0 saturated heterocycles. The number of halogens is 1. The lowest BCUT2D eigenvalue weighted by atomic mass is 10.4. The maximum Gasteiger partial charge on any atom is 0.334 e. The first-order chi connectivity index (χ1) is 11.6. The summed E-state index contributed by atoms with van der Waals surface area (Å²) in [4.78, 5) is 29.7. The highest BCUT2D eigenvalue weighted by atomic mass is 35.5. The van der Waals surface area contributed by atoms with Gasteiger partial charge < -0.3 is 34.5 Å². The molecule has 0 fully saturated rings. The molecule has 0 aromatic carbocycles. The van der Waals surface area contributed by atoms with E-state index in [-0.39, 0.29) is 18.0 Å². The molecule has 0 aliphatic rings. The fourth-order valence-corrected chi connectivity index (χ4v) is 0.975. The third kappa shape index (κ3) is 31.1. The molecule has 0 saturated carbocycles. The van der Waals surface area contributed by atoms with Crippen molar-refractivity contribution in [2.24, 2.45) is 0 Å². The molecule has 0 bridgehead atoms. The van der Waals surface area contributed by atoms with E-state index >= 15 is 0 Å². The van der Waals surface area contributed by atoms with Crippen molar-refractivity contribution in [3.05, 3.63) is 0 Å². The minimum atomic E-state index is -0.594. The Morgan fingerprint density at radius 3 is 1.92 bits per heavy atom. The van der Waals surface area contributed by atoms with Crippen LogP contribution in [-0.4, -0.2) is 83.8 Å². The van der Waals surface area contributed by atoms with E-state index in [1.165, 1.54) is 13.5 Å². The van der Waals surface area contributed by atoms with Crippen LogP contribution in [-0.2, 0) is 33.3 Å². The van der Waals surface area contributed by atoms with Crippen molar-refractivity contribution >= 4 is 30.3 Å². The minimum Gasteiger partial charge on any atom is -0.467 e. The predicted molar refractivity (Wildman–Crippen MR) is 97.0 cm³/mol. The second-order valence-electron chi connectivity index (χ2n) is 3.37. The van der Waals surface area contributed by atoms with Crippen LogP contribution in [0.15, 0.2) is 0 Å². The van der Waals surface area contributed by atoms with E-state index in [0.29, 0.717) is 26.4 Å². The maximum atomic E-state index is 11.0. The average molecular weight is 392 g/mol. The second-order valence-corrected chi connectivity index (χ2v) is 3.37. The first-order valence-electron chi connectivity index (χ1n) is 7.34. The number of esters is 1. The van der Waals surface area contributed by atoms with Crippen molar-refractivity contribution in [1.82, 2.24) is 5.32 Å². The number of methoxy groups -OCH3 is 1. The lowest BCUT2D eigenvalue weighted by Crippen LogP contribution is -2.25. The van der Waals surface area contributed by atoms with E-state index in [0.717, 1.165) is 0 Å². The molecule has 3 N–H and O–H groups in total. The van der Waals surface area contributed by atoms with Crippen molar-refractivity contribution in [3.63, 3.8) is 0 Å². The number of hydrogen-bond donors (Lipinski definition) is 1. The summed E-state index contributed by atoms with van der Waals surface area (Å²) in [6.07, 6.45) is 0.878. The smallest absolute Gasteiger partial charge is 0.334 e. The Hall–Kier alpha value is -1.26.